The zero-order valence-corrected chi connectivity index (χ0v) is 17.4. The van der Waals surface area contributed by atoms with Crippen LogP contribution in [0.4, 0.5) is 4.39 Å². The normalized spacial score (nSPS) is 16.9. The average molecular weight is 399 g/mol. The van der Waals surface area contributed by atoms with Crippen LogP contribution >= 0.6 is 11.8 Å². The van der Waals surface area contributed by atoms with Crippen molar-refractivity contribution in [3.05, 3.63) is 71.7 Å². The number of halogens is 1. The van der Waals surface area contributed by atoms with Crippen LogP contribution in [0.2, 0.25) is 0 Å². The third-order valence-electron chi connectivity index (χ3n) is 4.94. The van der Waals surface area contributed by atoms with E-state index in [-0.39, 0.29) is 17.8 Å². The summed E-state index contributed by atoms with van der Waals surface area (Å²) in [5, 5.41) is 3.25. The fourth-order valence-electron chi connectivity index (χ4n) is 3.31. The molecule has 28 heavy (non-hydrogen) atoms. The fourth-order valence-corrected chi connectivity index (χ4v) is 3.77. The van der Waals surface area contributed by atoms with Crippen molar-refractivity contribution in [2.45, 2.75) is 37.6 Å². The van der Waals surface area contributed by atoms with Gasteiger partial charge in [-0.3, -0.25) is 4.79 Å². The number of amides is 1. The molecule has 1 N–H and O–H groups in total. The molecule has 1 atom stereocenters. The van der Waals surface area contributed by atoms with Crippen LogP contribution in [0.25, 0.3) is 5.70 Å². The smallest absolute Gasteiger partial charge is 0.249 e. The molecule has 5 heteroatoms. The zero-order chi connectivity index (χ0) is 20.1. The first kappa shape index (κ1) is 20.5. The molecule has 3 nitrogen and oxygen atoms in total. The van der Waals surface area contributed by atoms with Gasteiger partial charge in [0.05, 0.1) is 5.70 Å². The second kappa shape index (κ2) is 9.28. The van der Waals surface area contributed by atoms with Crippen molar-refractivity contribution in [2.24, 2.45) is 5.92 Å². The van der Waals surface area contributed by atoms with Gasteiger partial charge in [0.1, 0.15) is 11.9 Å². The van der Waals surface area contributed by atoms with E-state index in [1.165, 1.54) is 17.8 Å². The van der Waals surface area contributed by atoms with Crippen LogP contribution in [-0.4, -0.2) is 29.6 Å². The highest BCUT2D eigenvalue weighted by Gasteiger charge is 2.31. The number of hydrogen-bond acceptors (Lipinski definition) is 3. The summed E-state index contributed by atoms with van der Waals surface area (Å²) in [4.78, 5) is 15.7. The molecule has 1 amide bonds. The van der Waals surface area contributed by atoms with E-state index < -0.39 is 0 Å². The summed E-state index contributed by atoms with van der Waals surface area (Å²) in [7, 11) is 0. The SMILES string of the molecule is CSc1ccc(C2=CNC(Cc3ccccc3)C(=O)N2CCC(C)C)cc1F. The van der Waals surface area contributed by atoms with Crippen molar-refractivity contribution in [3.63, 3.8) is 0 Å². The van der Waals surface area contributed by atoms with Crippen LogP contribution in [0.15, 0.2) is 59.6 Å². The number of carbonyl (C=O) groups excluding carboxylic acids is 1. The summed E-state index contributed by atoms with van der Waals surface area (Å²) in [5.74, 6) is 0.261. The average Bonchev–Trinajstić information content (AvgIpc) is 2.69. The van der Waals surface area contributed by atoms with Gasteiger partial charge in [-0.25, -0.2) is 4.39 Å². The monoisotopic (exact) mass is 398 g/mol. The molecule has 0 fully saturated rings. The molecule has 2 aromatic rings. The van der Waals surface area contributed by atoms with Gasteiger partial charge in [-0.15, -0.1) is 11.8 Å². The van der Waals surface area contributed by atoms with E-state index in [1.54, 1.807) is 6.07 Å². The van der Waals surface area contributed by atoms with Gasteiger partial charge in [-0.2, -0.15) is 0 Å². The quantitative estimate of drug-likeness (QED) is 0.671. The van der Waals surface area contributed by atoms with Crippen molar-refractivity contribution in [1.82, 2.24) is 10.2 Å². The number of nitrogens with one attached hydrogen (secondary N) is 1. The first-order valence-electron chi connectivity index (χ1n) is 9.65. The van der Waals surface area contributed by atoms with Gasteiger partial charge >= 0.3 is 0 Å². The number of benzene rings is 2. The van der Waals surface area contributed by atoms with E-state index in [2.05, 4.69) is 19.2 Å². The molecule has 0 aliphatic carbocycles. The third-order valence-corrected chi connectivity index (χ3v) is 5.71. The third kappa shape index (κ3) is 4.76. The molecule has 0 saturated heterocycles. The lowest BCUT2D eigenvalue weighted by Gasteiger charge is -2.35. The first-order chi connectivity index (χ1) is 13.5. The fraction of sp³-hybridized carbons (Fsp3) is 0.348. The topological polar surface area (TPSA) is 32.3 Å². The van der Waals surface area contributed by atoms with Crippen LogP contribution in [-0.2, 0) is 11.2 Å². The van der Waals surface area contributed by atoms with Crippen LogP contribution in [0.3, 0.4) is 0 Å². The Morgan fingerprint density at radius 3 is 2.57 bits per heavy atom. The van der Waals surface area contributed by atoms with Crippen LogP contribution in [0, 0.1) is 11.7 Å². The predicted octanol–water partition coefficient (Wildman–Crippen LogP) is 4.94. The summed E-state index contributed by atoms with van der Waals surface area (Å²) in [6.07, 6.45) is 5.24. The molecule has 1 aliphatic rings. The molecule has 2 aromatic carbocycles. The predicted molar refractivity (Wildman–Crippen MR) is 114 cm³/mol. The molecule has 0 radical (unpaired) electrons. The van der Waals surface area contributed by atoms with Crippen molar-refractivity contribution < 1.29 is 9.18 Å². The van der Waals surface area contributed by atoms with Gasteiger partial charge < -0.3 is 10.2 Å². The molecule has 1 heterocycles. The highest BCUT2D eigenvalue weighted by Crippen LogP contribution is 2.28. The van der Waals surface area contributed by atoms with Crippen LogP contribution < -0.4 is 5.32 Å². The second-order valence-electron chi connectivity index (χ2n) is 7.46. The number of nitrogens with zero attached hydrogens (tertiary/aromatic N) is 1. The lowest BCUT2D eigenvalue weighted by molar-refractivity contribution is -0.130. The minimum atomic E-state index is -0.311. The lowest BCUT2D eigenvalue weighted by atomic mass is 10.0. The summed E-state index contributed by atoms with van der Waals surface area (Å²) < 4.78 is 14.3. The van der Waals surface area contributed by atoms with Crippen molar-refractivity contribution in [2.75, 3.05) is 12.8 Å². The van der Waals surface area contributed by atoms with Crippen LogP contribution in [0.5, 0.6) is 0 Å². The Morgan fingerprint density at radius 1 is 1.18 bits per heavy atom. The lowest BCUT2D eigenvalue weighted by Crippen LogP contribution is -2.49. The zero-order valence-electron chi connectivity index (χ0n) is 16.6. The van der Waals surface area contributed by atoms with Gasteiger partial charge in [-0.1, -0.05) is 50.2 Å². The molecule has 3 rings (SSSR count). The van der Waals surface area contributed by atoms with Crippen molar-refractivity contribution in [3.8, 4) is 0 Å². The van der Waals surface area contributed by atoms with Crippen molar-refractivity contribution >= 4 is 23.4 Å². The first-order valence-corrected chi connectivity index (χ1v) is 10.9. The molecular formula is C23H27FN2OS. The number of rotatable bonds is 7. The molecule has 148 valence electrons. The molecular weight excluding hydrogens is 371 g/mol. The van der Waals surface area contributed by atoms with Gasteiger partial charge in [0.15, 0.2) is 0 Å². The van der Waals surface area contributed by atoms with Crippen molar-refractivity contribution in [1.29, 1.82) is 0 Å². The molecule has 0 saturated carbocycles. The Labute approximate surface area is 171 Å². The maximum Gasteiger partial charge on any atom is 0.249 e. The highest BCUT2D eigenvalue weighted by molar-refractivity contribution is 7.98. The number of thioether (sulfide) groups is 1. The highest BCUT2D eigenvalue weighted by atomic mass is 32.2. The summed E-state index contributed by atoms with van der Waals surface area (Å²) in [6, 6.07) is 14.9. The minimum Gasteiger partial charge on any atom is -0.378 e. The van der Waals surface area contributed by atoms with Gasteiger partial charge in [0.2, 0.25) is 5.91 Å². The Morgan fingerprint density at radius 2 is 1.93 bits per heavy atom. The standard InChI is InChI=1S/C23H27FN2OS/c1-16(2)11-12-26-21(18-9-10-22(28-3)19(24)14-18)15-25-20(23(26)27)13-17-7-5-4-6-8-17/h4-10,14-16,20,25H,11-13H2,1-3H3. The molecule has 1 aliphatic heterocycles. The Balaban J connectivity index is 1.88. The Hall–Kier alpha value is -2.27. The van der Waals surface area contributed by atoms with E-state index in [4.69, 9.17) is 0 Å². The van der Waals surface area contributed by atoms with E-state index in [1.807, 2.05) is 53.8 Å². The van der Waals surface area contributed by atoms with E-state index in [9.17, 15) is 9.18 Å². The second-order valence-corrected chi connectivity index (χ2v) is 8.31. The minimum absolute atomic E-state index is 0.0383. The largest absolute Gasteiger partial charge is 0.378 e. The summed E-state index contributed by atoms with van der Waals surface area (Å²) >= 11 is 1.38. The maximum absolute atomic E-state index is 14.3. The van der Waals surface area contributed by atoms with Crippen LogP contribution in [0.1, 0.15) is 31.4 Å². The van der Waals surface area contributed by atoms with E-state index in [0.717, 1.165) is 23.2 Å². The number of hydrogen-bond donors (Lipinski definition) is 1. The van der Waals surface area contributed by atoms with E-state index in [0.29, 0.717) is 23.8 Å². The molecule has 0 aromatic heterocycles. The van der Waals surface area contributed by atoms with E-state index >= 15 is 0 Å². The molecule has 1 unspecified atom stereocenters. The maximum atomic E-state index is 14.3. The van der Waals surface area contributed by atoms with Gasteiger partial charge in [-0.05, 0) is 36.3 Å². The molecule has 0 spiro atoms. The number of carbonyl (C=O) groups is 1. The Kier molecular flexibility index (Phi) is 6.79. The van der Waals surface area contributed by atoms with Gasteiger partial charge in [0.25, 0.3) is 0 Å². The summed E-state index contributed by atoms with van der Waals surface area (Å²) in [5.41, 5.74) is 2.57. The summed E-state index contributed by atoms with van der Waals surface area (Å²) in [6.45, 7) is 4.91. The van der Waals surface area contributed by atoms with Gasteiger partial charge in [0, 0.05) is 29.6 Å². The Bertz CT molecular complexity index is 851. The molecule has 0 bridgehead atoms.